The second kappa shape index (κ2) is 4.52. The van der Waals surface area contributed by atoms with Gasteiger partial charge in [-0.1, -0.05) is 15.9 Å². The van der Waals surface area contributed by atoms with Crippen LogP contribution in [0.15, 0.2) is 16.6 Å². The average Bonchev–Trinajstić information content (AvgIpc) is 2.17. The van der Waals surface area contributed by atoms with Crippen molar-refractivity contribution < 1.29 is 13.9 Å². The van der Waals surface area contributed by atoms with Crippen LogP contribution in [0.3, 0.4) is 0 Å². The highest BCUT2D eigenvalue weighted by Gasteiger charge is 2.14. The van der Waals surface area contributed by atoms with Crippen molar-refractivity contribution in [2.45, 2.75) is 6.54 Å². The van der Waals surface area contributed by atoms with Crippen LogP contribution >= 0.6 is 15.9 Å². The van der Waals surface area contributed by atoms with Gasteiger partial charge in [-0.05, 0) is 17.7 Å². The minimum atomic E-state index is -0.704. The van der Waals surface area contributed by atoms with Crippen molar-refractivity contribution in [3.63, 3.8) is 0 Å². The number of rotatable bonds is 2. The predicted molar refractivity (Wildman–Crippen MR) is 53.3 cm³/mol. The van der Waals surface area contributed by atoms with Crippen LogP contribution in [-0.2, 0) is 11.3 Å². The minimum absolute atomic E-state index is 0.101. The highest BCUT2D eigenvalue weighted by Crippen LogP contribution is 2.21. The first-order chi connectivity index (χ1) is 6.60. The van der Waals surface area contributed by atoms with Crippen LogP contribution < -0.4 is 5.73 Å². The van der Waals surface area contributed by atoms with Crippen LogP contribution in [0.5, 0.6) is 0 Å². The van der Waals surface area contributed by atoms with Crippen molar-refractivity contribution in [2.24, 2.45) is 5.73 Å². The second-order valence-corrected chi connectivity index (χ2v) is 3.47. The topological polar surface area (TPSA) is 52.3 Å². The Morgan fingerprint density at radius 3 is 2.79 bits per heavy atom. The van der Waals surface area contributed by atoms with Crippen LogP contribution in [0.25, 0.3) is 0 Å². The average molecular weight is 262 g/mol. The number of carbonyl (C=O) groups is 1. The van der Waals surface area contributed by atoms with Gasteiger partial charge in [-0.2, -0.15) is 0 Å². The zero-order valence-electron chi connectivity index (χ0n) is 7.51. The van der Waals surface area contributed by atoms with E-state index in [1.807, 2.05) is 0 Å². The molecule has 0 amide bonds. The molecule has 2 N–H and O–H groups in total. The van der Waals surface area contributed by atoms with Gasteiger partial charge >= 0.3 is 5.97 Å². The molecular weight excluding hydrogens is 253 g/mol. The Kier molecular flexibility index (Phi) is 3.60. The van der Waals surface area contributed by atoms with Crippen molar-refractivity contribution in [1.29, 1.82) is 0 Å². The monoisotopic (exact) mass is 261 g/mol. The standard InChI is InChI=1S/C9H9BrFNO2/c1-14-9(13)6-2-5(4-12)7(10)3-8(6)11/h2-3H,4,12H2,1H3. The molecule has 0 aliphatic rings. The van der Waals surface area contributed by atoms with E-state index < -0.39 is 11.8 Å². The Hall–Kier alpha value is -0.940. The van der Waals surface area contributed by atoms with Crippen molar-refractivity contribution in [3.8, 4) is 0 Å². The first-order valence-corrected chi connectivity index (χ1v) is 4.65. The molecule has 0 unspecified atom stereocenters. The van der Waals surface area contributed by atoms with Gasteiger partial charge in [0.1, 0.15) is 5.82 Å². The molecule has 0 aliphatic heterocycles. The molecule has 5 heteroatoms. The molecule has 0 bridgehead atoms. The second-order valence-electron chi connectivity index (χ2n) is 2.62. The lowest BCUT2D eigenvalue weighted by Crippen LogP contribution is -2.07. The third kappa shape index (κ3) is 2.10. The summed E-state index contributed by atoms with van der Waals surface area (Å²) in [7, 11) is 1.20. The fourth-order valence-electron chi connectivity index (χ4n) is 1.02. The third-order valence-electron chi connectivity index (χ3n) is 1.76. The van der Waals surface area contributed by atoms with E-state index >= 15 is 0 Å². The Morgan fingerprint density at radius 2 is 2.29 bits per heavy atom. The van der Waals surface area contributed by atoms with Gasteiger partial charge in [0, 0.05) is 11.0 Å². The van der Waals surface area contributed by atoms with E-state index in [0.717, 1.165) is 0 Å². The summed E-state index contributed by atoms with van der Waals surface area (Å²) in [5, 5.41) is 0. The maximum absolute atomic E-state index is 13.2. The first-order valence-electron chi connectivity index (χ1n) is 3.86. The zero-order chi connectivity index (χ0) is 10.7. The Balaban J connectivity index is 3.24. The van der Waals surface area contributed by atoms with E-state index in [1.54, 1.807) is 0 Å². The molecule has 0 atom stereocenters. The number of nitrogens with two attached hydrogens (primary N) is 1. The van der Waals surface area contributed by atoms with Crippen LogP contribution in [0.1, 0.15) is 15.9 Å². The summed E-state index contributed by atoms with van der Waals surface area (Å²) < 4.78 is 18.2. The summed E-state index contributed by atoms with van der Waals surface area (Å²) >= 11 is 3.14. The summed E-state index contributed by atoms with van der Waals surface area (Å²) in [5.41, 5.74) is 5.96. The van der Waals surface area contributed by atoms with E-state index in [2.05, 4.69) is 20.7 Å². The van der Waals surface area contributed by atoms with Gasteiger partial charge in [-0.3, -0.25) is 0 Å². The van der Waals surface area contributed by atoms with Crippen LogP contribution in [0.2, 0.25) is 0 Å². The number of methoxy groups -OCH3 is 1. The molecule has 1 aromatic rings. The predicted octanol–water partition coefficient (Wildman–Crippen LogP) is 1.83. The summed E-state index contributed by atoms with van der Waals surface area (Å²) in [4.78, 5) is 11.1. The molecule has 0 fully saturated rings. The number of ether oxygens (including phenoxy) is 1. The zero-order valence-corrected chi connectivity index (χ0v) is 9.10. The number of halogens is 2. The Labute approximate surface area is 89.2 Å². The Bertz CT molecular complexity index is 368. The van der Waals surface area contributed by atoms with Gasteiger partial charge in [0.05, 0.1) is 12.7 Å². The van der Waals surface area contributed by atoms with E-state index in [0.29, 0.717) is 10.0 Å². The van der Waals surface area contributed by atoms with Crippen molar-refractivity contribution in [1.82, 2.24) is 0 Å². The van der Waals surface area contributed by atoms with E-state index in [-0.39, 0.29) is 12.1 Å². The van der Waals surface area contributed by atoms with Gasteiger partial charge in [0.2, 0.25) is 0 Å². The normalized spacial score (nSPS) is 10.0. The van der Waals surface area contributed by atoms with Crippen molar-refractivity contribution >= 4 is 21.9 Å². The van der Waals surface area contributed by atoms with E-state index in [4.69, 9.17) is 5.73 Å². The van der Waals surface area contributed by atoms with E-state index in [9.17, 15) is 9.18 Å². The van der Waals surface area contributed by atoms with Crippen LogP contribution in [-0.4, -0.2) is 13.1 Å². The lowest BCUT2D eigenvalue weighted by atomic mass is 10.1. The minimum Gasteiger partial charge on any atom is -0.465 e. The number of benzene rings is 1. The van der Waals surface area contributed by atoms with Gasteiger partial charge in [-0.25, -0.2) is 9.18 Å². The summed E-state index contributed by atoms with van der Waals surface area (Å²) in [6, 6.07) is 2.58. The molecule has 0 spiro atoms. The fourth-order valence-corrected chi connectivity index (χ4v) is 1.49. The number of hydrogen-bond acceptors (Lipinski definition) is 3. The smallest absolute Gasteiger partial charge is 0.340 e. The molecule has 0 heterocycles. The lowest BCUT2D eigenvalue weighted by Gasteiger charge is -2.05. The highest BCUT2D eigenvalue weighted by molar-refractivity contribution is 9.10. The van der Waals surface area contributed by atoms with Crippen LogP contribution in [0, 0.1) is 5.82 Å². The lowest BCUT2D eigenvalue weighted by molar-refractivity contribution is 0.0595. The summed E-state index contributed by atoms with van der Waals surface area (Å²) in [6.07, 6.45) is 0. The molecule has 14 heavy (non-hydrogen) atoms. The molecule has 1 aromatic carbocycles. The molecule has 3 nitrogen and oxygen atoms in total. The molecule has 0 saturated heterocycles. The molecule has 0 aromatic heterocycles. The Morgan fingerprint density at radius 1 is 1.64 bits per heavy atom. The number of carbonyl (C=O) groups excluding carboxylic acids is 1. The SMILES string of the molecule is COC(=O)c1cc(CN)c(Br)cc1F. The molecule has 1 rings (SSSR count). The highest BCUT2D eigenvalue weighted by atomic mass is 79.9. The fraction of sp³-hybridized carbons (Fsp3) is 0.222. The van der Waals surface area contributed by atoms with Crippen molar-refractivity contribution in [3.05, 3.63) is 33.5 Å². The van der Waals surface area contributed by atoms with Gasteiger partial charge in [0.25, 0.3) is 0 Å². The maximum atomic E-state index is 13.2. The van der Waals surface area contributed by atoms with Gasteiger partial charge < -0.3 is 10.5 Å². The van der Waals surface area contributed by atoms with E-state index in [1.165, 1.54) is 19.2 Å². The number of esters is 1. The molecule has 0 saturated carbocycles. The molecular formula is C9H9BrFNO2. The summed E-state index contributed by atoms with van der Waals surface area (Å²) in [6.45, 7) is 0.227. The largest absolute Gasteiger partial charge is 0.465 e. The van der Waals surface area contributed by atoms with Gasteiger partial charge in [-0.15, -0.1) is 0 Å². The van der Waals surface area contributed by atoms with Gasteiger partial charge in [0.15, 0.2) is 0 Å². The number of hydrogen-bond donors (Lipinski definition) is 1. The maximum Gasteiger partial charge on any atom is 0.340 e. The first kappa shape index (κ1) is 11.1. The summed E-state index contributed by atoms with van der Waals surface area (Å²) in [5.74, 6) is -1.33. The molecule has 0 radical (unpaired) electrons. The quantitative estimate of drug-likeness (QED) is 0.827. The van der Waals surface area contributed by atoms with Crippen molar-refractivity contribution in [2.75, 3.05) is 7.11 Å². The molecule has 76 valence electrons. The van der Waals surface area contributed by atoms with Crippen LogP contribution in [0.4, 0.5) is 4.39 Å². The molecule has 0 aliphatic carbocycles. The third-order valence-corrected chi connectivity index (χ3v) is 2.50.